The van der Waals surface area contributed by atoms with Crippen LogP contribution in [0.5, 0.6) is 5.75 Å². The predicted molar refractivity (Wildman–Crippen MR) is 80.0 cm³/mol. The first kappa shape index (κ1) is 15.8. The number of carbonyl (C=O) groups excluding carboxylic acids is 1. The van der Waals surface area contributed by atoms with E-state index in [0.29, 0.717) is 11.4 Å². The zero-order chi connectivity index (χ0) is 16.0. The van der Waals surface area contributed by atoms with Gasteiger partial charge in [-0.05, 0) is 45.9 Å². The Balaban J connectivity index is 2.45. The van der Waals surface area contributed by atoms with Crippen molar-refractivity contribution in [3.05, 3.63) is 18.2 Å². The average molecular weight is 312 g/mol. The first-order valence-electron chi connectivity index (χ1n) is 6.63. The largest absolute Gasteiger partial charge is 0.479 e. The van der Waals surface area contributed by atoms with Gasteiger partial charge in [0.25, 0.3) is 5.91 Å². The number of anilines is 1. The third-order valence-electron chi connectivity index (χ3n) is 3.02. The van der Waals surface area contributed by atoms with Gasteiger partial charge in [0, 0.05) is 12.6 Å². The minimum absolute atomic E-state index is 0.106. The quantitative estimate of drug-likeness (QED) is 0.898. The molecule has 2 rings (SSSR count). The fraction of sp³-hybridized carbons (Fsp3) is 0.500. The molecule has 0 bridgehead atoms. The van der Waals surface area contributed by atoms with Crippen LogP contribution in [-0.2, 0) is 14.8 Å². The number of nitrogens with one attached hydrogen (secondary N) is 1. The Morgan fingerprint density at radius 3 is 2.48 bits per heavy atom. The lowest BCUT2D eigenvalue weighted by Gasteiger charge is -2.30. The zero-order valence-corrected chi connectivity index (χ0v) is 13.6. The van der Waals surface area contributed by atoms with Crippen LogP contribution in [-0.4, -0.2) is 33.0 Å². The van der Waals surface area contributed by atoms with Crippen LogP contribution in [0, 0.1) is 0 Å². The number of hydrogen-bond donors (Lipinski definition) is 1. The number of carbonyl (C=O) groups is 1. The van der Waals surface area contributed by atoms with Crippen molar-refractivity contribution in [1.29, 1.82) is 0 Å². The molecule has 0 spiro atoms. The molecule has 21 heavy (non-hydrogen) atoms. The van der Waals surface area contributed by atoms with E-state index in [1.54, 1.807) is 40.8 Å². The van der Waals surface area contributed by atoms with Gasteiger partial charge < -0.3 is 9.64 Å². The maximum absolute atomic E-state index is 12.3. The van der Waals surface area contributed by atoms with Gasteiger partial charge in [-0.25, -0.2) is 13.1 Å². The normalized spacial score (nSPS) is 19.2. The maximum atomic E-state index is 12.3. The Kier molecular flexibility index (Phi) is 3.75. The van der Waals surface area contributed by atoms with Crippen LogP contribution in [0.4, 0.5) is 5.69 Å². The van der Waals surface area contributed by atoms with Crippen molar-refractivity contribution in [2.24, 2.45) is 0 Å². The first-order chi connectivity index (χ1) is 9.51. The molecular weight excluding hydrogens is 292 g/mol. The molecule has 1 aromatic carbocycles. The van der Waals surface area contributed by atoms with Crippen molar-refractivity contribution in [3.8, 4) is 5.75 Å². The van der Waals surface area contributed by atoms with Gasteiger partial charge in [0.2, 0.25) is 10.0 Å². The molecule has 1 atom stereocenters. The fourth-order valence-corrected chi connectivity index (χ4v) is 3.56. The summed E-state index contributed by atoms with van der Waals surface area (Å²) in [4.78, 5) is 13.4. The summed E-state index contributed by atoms with van der Waals surface area (Å²) in [6.07, 6.45) is -0.572. The van der Waals surface area contributed by atoms with Crippen molar-refractivity contribution < 1.29 is 17.9 Å². The van der Waals surface area contributed by atoms with Crippen molar-refractivity contribution in [3.63, 3.8) is 0 Å². The highest BCUT2D eigenvalue weighted by Crippen LogP contribution is 2.35. The molecule has 6 nitrogen and oxygen atoms in total. The summed E-state index contributed by atoms with van der Waals surface area (Å²) in [6.45, 7) is 6.96. The summed E-state index contributed by atoms with van der Waals surface area (Å²) in [5, 5.41) is 0. The van der Waals surface area contributed by atoms with Crippen LogP contribution in [0.25, 0.3) is 0 Å². The Morgan fingerprint density at radius 1 is 1.29 bits per heavy atom. The number of fused-ring (bicyclic) bond motifs is 1. The number of likely N-dealkylation sites (N-methyl/N-ethyl adjacent to an activating group) is 1. The Bertz CT molecular complexity index is 677. The van der Waals surface area contributed by atoms with Crippen LogP contribution in [0.15, 0.2) is 23.1 Å². The van der Waals surface area contributed by atoms with Gasteiger partial charge in [0.15, 0.2) is 6.10 Å². The lowest BCUT2D eigenvalue weighted by Crippen LogP contribution is -2.42. The van der Waals surface area contributed by atoms with E-state index in [1.807, 2.05) is 0 Å². The highest BCUT2D eigenvalue weighted by molar-refractivity contribution is 7.89. The van der Waals surface area contributed by atoms with Gasteiger partial charge >= 0.3 is 0 Å². The van der Waals surface area contributed by atoms with Crippen molar-refractivity contribution >= 4 is 21.6 Å². The van der Waals surface area contributed by atoms with Crippen LogP contribution in [0.1, 0.15) is 27.7 Å². The van der Waals surface area contributed by atoms with Gasteiger partial charge in [-0.2, -0.15) is 0 Å². The molecule has 1 unspecified atom stereocenters. The molecule has 1 amide bonds. The third-order valence-corrected chi connectivity index (χ3v) is 4.78. The van der Waals surface area contributed by atoms with Gasteiger partial charge in [-0.3, -0.25) is 4.79 Å². The van der Waals surface area contributed by atoms with E-state index in [1.165, 1.54) is 17.0 Å². The molecule has 1 N–H and O–H groups in total. The minimum atomic E-state index is -3.65. The summed E-state index contributed by atoms with van der Waals surface area (Å²) in [7, 11) is -2.04. The summed E-state index contributed by atoms with van der Waals surface area (Å²) in [6, 6.07) is 4.50. The highest BCUT2D eigenvalue weighted by Gasteiger charge is 2.31. The van der Waals surface area contributed by atoms with Gasteiger partial charge in [-0.15, -0.1) is 0 Å². The molecule has 0 saturated heterocycles. The Hall–Kier alpha value is -1.60. The molecule has 0 radical (unpaired) electrons. The average Bonchev–Trinajstić information content (AvgIpc) is 2.33. The summed E-state index contributed by atoms with van der Waals surface area (Å²) in [5.74, 6) is 0.292. The van der Waals surface area contributed by atoms with Crippen LogP contribution in [0.3, 0.4) is 0 Å². The van der Waals surface area contributed by atoms with Crippen molar-refractivity contribution in [1.82, 2.24) is 4.72 Å². The molecule has 1 heterocycles. The second-order valence-electron chi connectivity index (χ2n) is 6.14. The van der Waals surface area contributed by atoms with E-state index in [0.717, 1.165) is 0 Å². The smallest absolute Gasteiger partial charge is 0.267 e. The standard InChI is InChI=1S/C14H20N2O4S/c1-9-13(17)16(5)11-8-10(6-7-12(11)20-9)21(18,19)15-14(2,3)4/h6-9,15H,1-5H3. The number of sulfonamides is 1. The SMILES string of the molecule is CC1Oc2ccc(S(=O)(=O)NC(C)(C)C)cc2N(C)C1=O. The van der Waals surface area contributed by atoms with E-state index in [9.17, 15) is 13.2 Å². The second-order valence-corrected chi connectivity index (χ2v) is 7.82. The molecule has 0 aromatic heterocycles. The monoisotopic (exact) mass is 312 g/mol. The number of benzene rings is 1. The molecule has 0 aliphatic carbocycles. The number of amides is 1. The number of ether oxygens (including phenoxy) is 1. The van der Waals surface area contributed by atoms with Crippen LogP contribution >= 0.6 is 0 Å². The summed E-state index contributed by atoms with van der Waals surface area (Å²) in [5.41, 5.74) is -0.128. The number of rotatable bonds is 2. The van der Waals surface area contributed by atoms with E-state index >= 15 is 0 Å². The van der Waals surface area contributed by atoms with Gasteiger partial charge in [-0.1, -0.05) is 0 Å². The summed E-state index contributed by atoms with van der Waals surface area (Å²) < 4.78 is 32.7. The van der Waals surface area contributed by atoms with E-state index in [-0.39, 0.29) is 10.8 Å². The van der Waals surface area contributed by atoms with Crippen molar-refractivity contribution in [2.75, 3.05) is 11.9 Å². The van der Waals surface area contributed by atoms with Crippen LogP contribution in [0.2, 0.25) is 0 Å². The highest BCUT2D eigenvalue weighted by atomic mass is 32.2. The molecule has 1 aromatic rings. The maximum Gasteiger partial charge on any atom is 0.267 e. The Labute approximate surface area is 125 Å². The number of nitrogens with zero attached hydrogens (tertiary/aromatic N) is 1. The Morgan fingerprint density at radius 2 is 1.90 bits per heavy atom. The lowest BCUT2D eigenvalue weighted by atomic mass is 10.1. The minimum Gasteiger partial charge on any atom is -0.479 e. The summed E-state index contributed by atoms with van der Waals surface area (Å²) >= 11 is 0. The van der Waals surface area contributed by atoms with Crippen LogP contribution < -0.4 is 14.4 Å². The van der Waals surface area contributed by atoms with E-state index in [2.05, 4.69) is 4.72 Å². The molecule has 116 valence electrons. The lowest BCUT2D eigenvalue weighted by molar-refractivity contribution is -0.125. The molecule has 1 aliphatic heterocycles. The van der Waals surface area contributed by atoms with E-state index < -0.39 is 21.7 Å². The first-order valence-corrected chi connectivity index (χ1v) is 8.12. The third kappa shape index (κ3) is 3.19. The van der Waals surface area contributed by atoms with Gasteiger partial charge in [0.1, 0.15) is 5.75 Å². The molecule has 0 fully saturated rings. The second kappa shape index (κ2) is 4.99. The topological polar surface area (TPSA) is 75.7 Å². The molecular formula is C14H20N2O4S. The molecule has 1 aliphatic rings. The molecule has 0 saturated carbocycles. The predicted octanol–water partition coefficient (Wildman–Crippen LogP) is 1.51. The zero-order valence-electron chi connectivity index (χ0n) is 12.8. The van der Waals surface area contributed by atoms with Crippen molar-refractivity contribution in [2.45, 2.75) is 44.2 Å². The van der Waals surface area contributed by atoms with Gasteiger partial charge in [0.05, 0.1) is 10.6 Å². The number of hydrogen-bond acceptors (Lipinski definition) is 4. The molecule has 7 heteroatoms. The van der Waals surface area contributed by atoms with E-state index in [4.69, 9.17) is 4.74 Å². The fourth-order valence-electron chi connectivity index (χ4n) is 2.12.